The number of carboxylic acid groups (broad SMARTS) is 1. The van der Waals surface area contributed by atoms with E-state index < -0.39 is 23.7 Å². The van der Waals surface area contributed by atoms with Crippen LogP contribution in [0.3, 0.4) is 0 Å². The number of halogens is 2. The van der Waals surface area contributed by atoms with Crippen LogP contribution >= 0.6 is 11.8 Å². The number of aromatic nitrogens is 1. The first-order valence-electron chi connectivity index (χ1n) is 13.0. The van der Waals surface area contributed by atoms with E-state index in [1.165, 1.54) is 30.0 Å². The van der Waals surface area contributed by atoms with E-state index in [9.17, 15) is 23.8 Å². The van der Waals surface area contributed by atoms with E-state index in [0.717, 1.165) is 42.4 Å². The number of benzene rings is 2. The van der Waals surface area contributed by atoms with Gasteiger partial charge in [-0.1, -0.05) is 6.07 Å². The number of piperidine rings is 1. The number of thioether (sulfide) groups is 1. The Hall–Kier alpha value is -2.75. The maximum absolute atomic E-state index is 13.9. The normalized spacial score (nSPS) is 18.9. The Morgan fingerprint density at radius 1 is 1.18 bits per heavy atom. The third-order valence-electron chi connectivity index (χ3n) is 7.43. The fourth-order valence-corrected chi connectivity index (χ4v) is 6.33. The lowest BCUT2D eigenvalue weighted by atomic mass is 9.79. The highest BCUT2D eigenvalue weighted by molar-refractivity contribution is 7.99. The number of rotatable bonds is 12. The van der Waals surface area contributed by atoms with Crippen molar-refractivity contribution in [2.45, 2.75) is 43.1 Å². The number of aliphatic hydroxyl groups excluding tert-OH is 1. The molecule has 2 aromatic carbocycles. The first kappa shape index (κ1) is 28.3. The average Bonchev–Trinajstić information content (AvgIpc) is 2.92. The van der Waals surface area contributed by atoms with Crippen molar-refractivity contribution < 1.29 is 28.5 Å². The smallest absolute Gasteiger partial charge is 0.303 e. The molecule has 1 fully saturated rings. The molecule has 4 rings (SSSR count). The van der Waals surface area contributed by atoms with Gasteiger partial charge in [-0.15, -0.1) is 11.8 Å². The van der Waals surface area contributed by atoms with Crippen molar-refractivity contribution in [3.05, 3.63) is 65.9 Å². The standard InChI is InChI=1S/C29H34F2N2O4S/c1-37-21-7-8-26-23(17-21)22(11-13-32-26)27(34)9-5-19-12-14-33(18-20(19)6-10-28(35)36)15-16-38-29-24(30)3-2-4-25(29)31/h2-4,7-8,11,13,17,19-20,27,34H,5-6,9-10,12,14-16,18H2,1H3,(H,35,36)/t19?,20?,27-/m0/s1. The molecule has 2 heterocycles. The summed E-state index contributed by atoms with van der Waals surface area (Å²) < 4.78 is 33.2. The molecule has 9 heteroatoms. The molecule has 1 aliphatic rings. The number of carbonyl (C=O) groups is 1. The Labute approximate surface area is 226 Å². The first-order chi connectivity index (χ1) is 18.4. The second-order valence-electron chi connectivity index (χ2n) is 9.82. The molecule has 1 aliphatic heterocycles. The molecule has 0 saturated carbocycles. The quantitative estimate of drug-likeness (QED) is 0.274. The summed E-state index contributed by atoms with van der Waals surface area (Å²) in [6, 6.07) is 11.3. The lowest BCUT2D eigenvalue weighted by molar-refractivity contribution is -0.137. The van der Waals surface area contributed by atoms with Gasteiger partial charge in [-0.3, -0.25) is 9.78 Å². The van der Waals surface area contributed by atoms with Gasteiger partial charge in [-0.05, 0) is 86.0 Å². The summed E-state index contributed by atoms with van der Waals surface area (Å²) >= 11 is 1.17. The van der Waals surface area contributed by atoms with E-state index in [1.54, 1.807) is 13.3 Å². The number of likely N-dealkylation sites (tertiary alicyclic amines) is 1. The van der Waals surface area contributed by atoms with Gasteiger partial charge >= 0.3 is 5.97 Å². The molecule has 0 aliphatic carbocycles. The van der Waals surface area contributed by atoms with Crippen LogP contribution in [0.25, 0.3) is 10.9 Å². The topological polar surface area (TPSA) is 82.9 Å². The van der Waals surface area contributed by atoms with Gasteiger partial charge in [0.05, 0.1) is 23.6 Å². The van der Waals surface area contributed by atoms with E-state index in [1.807, 2.05) is 24.3 Å². The molecular weight excluding hydrogens is 510 g/mol. The van der Waals surface area contributed by atoms with Crippen LogP contribution in [0.2, 0.25) is 0 Å². The van der Waals surface area contributed by atoms with Crippen molar-refractivity contribution in [2.75, 3.05) is 32.5 Å². The molecule has 2 unspecified atom stereocenters. The van der Waals surface area contributed by atoms with Crippen molar-refractivity contribution in [2.24, 2.45) is 11.8 Å². The maximum atomic E-state index is 13.9. The zero-order valence-electron chi connectivity index (χ0n) is 21.5. The number of methoxy groups -OCH3 is 1. The van der Waals surface area contributed by atoms with Crippen LogP contribution in [0, 0.1) is 23.5 Å². The van der Waals surface area contributed by atoms with Crippen molar-refractivity contribution >= 4 is 28.6 Å². The number of aliphatic hydroxyl groups is 1. The Balaban J connectivity index is 1.36. The zero-order valence-corrected chi connectivity index (χ0v) is 22.3. The van der Waals surface area contributed by atoms with Crippen molar-refractivity contribution in [3.63, 3.8) is 0 Å². The highest BCUT2D eigenvalue weighted by atomic mass is 32.2. The van der Waals surface area contributed by atoms with Gasteiger partial charge in [0.2, 0.25) is 0 Å². The Kier molecular flexibility index (Phi) is 9.93. The zero-order chi connectivity index (χ0) is 27.1. The van der Waals surface area contributed by atoms with Crippen LogP contribution in [-0.4, -0.2) is 58.6 Å². The Morgan fingerprint density at radius 2 is 1.97 bits per heavy atom. The summed E-state index contributed by atoms with van der Waals surface area (Å²) in [5.41, 5.74) is 1.61. The van der Waals surface area contributed by atoms with Gasteiger partial charge in [-0.25, -0.2) is 8.78 Å². The second kappa shape index (κ2) is 13.4. The van der Waals surface area contributed by atoms with Crippen LogP contribution in [0.1, 0.15) is 43.8 Å². The van der Waals surface area contributed by atoms with Crippen LogP contribution in [0.15, 0.2) is 53.6 Å². The molecule has 1 aromatic heterocycles. The number of fused-ring (bicyclic) bond motifs is 1. The predicted molar refractivity (Wildman–Crippen MR) is 144 cm³/mol. The first-order valence-corrected chi connectivity index (χ1v) is 14.0. The molecule has 3 aromatic rings. The van der Waals surface area contributed by atoms with Crippen molar-refractivity contribution in [1.82, 2.24) is 9.88 Å². The number of pyridine rings is 1. The predicted octanol–water partition coefficient (Wildman–Crippen LogP) is 5.93. The van der Waals surface area contributed by atoms with Gasteiger partial charge in [-0.2, -0.15) is 0 Å². The maximum Gasteiger partial charge on any atom is 0.303 e. The van der Waals surface area contributed by atoms with Gasteiger partial charge < -0.3 is 19.8 Å². The molecule has 6 nitrogen and oxygen atoms in total. The second-order valence-corrected chi connectivity index (χ2v) is 10.9. The summed E-state index contributed by atoms with van der Waals surface area (Å²) in [4.78, 5) is 18.0. The largest absolute Gasteiger partial charge is 0.497 e. The molecule has 0 radical (unpaired) electrons. The molecule has 204 valence electrons. The third kappa shape index (κ3) is 7.21. The van der Waals surface area contributed by atoms with E-state index in [4.69, 9.17) is 4.74 Å². The molecule has 3 atom stereocenters. The van der Waals surface area contributed by atoms with Gasteiger partial charge in [0, 0.05) is 36.8 Å². The van der Waals surface area contributed by atoms with Gasteiger partial charge in [0.25, 0.3) is 0 Å². The number of hydrogen-bond donors (Lipinski definition) is 2. The minimum absolute atomic E-state index is 0.0417. The fraction of sp³-hybridized carbons (Fsp3) is 0.448. The number of aliphatic carboxylic acids is 1. The van der Waals surface area contributed by atoms with Crippen LogP contribution in [0.4, 0.5) is 8.78 Å². The van der Waals surface area contributed by atoms with E-state index in [2.05, 4.69) is 9.88 Å². The molecule has 38 heavy (non-hydrogen) atoms. The lowest BCUT2D eigenvalue weighted by Gasteiger charge is -2.39. The average molecular weight is 545 g/mol. The summed E-state index contributed by atoms with van der Waals surface area (Å²) in [5, 5.41) is 21.2. The summed E-state index contributed by atoms with van der Waals surface area (Å²) in [6.07, 6.45) is 3.93. The molecular formula is C29H34F2N2O4S. The molecule has 0 spiro atoms. The molecule has 1 saturated heterocycles. The fourth-order valence-electron chi connectivity index (χ4n) is 5.36. The lowest BCUT2D eigenvalue weighted by Crippen LogP contribution is -2.41. The monoisotopic (exact) mass is 544 g/mol. The number of ether oxygens (including phenoxy) is 1. The van der Waals surface area contributed by atoms with E-state index in [0.29, 0.717) is 36.8 Å². The SMILES string of the molecule is COc1ccc2nccc([C@@H](O)CCC3CCN(CCSc4c(F)cccc4F)CC3CCC(=O)O)c2c1. The molecule has 2 N–H and O–H groups in total. The number of nitrogens with zero attached hydrogens (tertiary/aromatic N) is 2. The van der Waals surface area contributed by atoms with E-state index in [-0.39, 0.29) is 17.2 Å². The highest BCUT2D eigenvalue weighted by Gasteiger charge is 2.30. The minimum Gasteiger partial charge on any atom is -0.497 e. The summed E-state index contributed by atoms with van der Waals surface area (Å²) in [5.74, 6) is -0.194. The Bertz CT molecular complexity index is 1220. The molecule has 0 amide bonds. The number of hydrogen-bond acceptors (Lipinski definition) is 6. The summed E-state index contributed by atoms with van der Waals surface area (Å²) in [7, 11) is 1.61. The third-order valence-corrected chi connectivity index (χ3v) is 8.50. The van der Waals surface area contributed by atoms with Gasteiger partial charge in [0.1, 0.15) is 17.4 Å². The van der Waals surface area contributed by atoms with Crippen molar-refractivity contribution in [3.8, 4) is 5.75 Å². The van der Waals surface area contributed by atoms with Crippen molar-refractivity contribution in [1.29, 1.82) is 0 Å². The van der Waals surface area contributed by atoms with E-state index >= 15 is 0 Å². The Morgan fingerprint density at radius 3 is 2.71 bits per heavy atom. The molecule has 0 bridgehead atoms. The van der Waals surface area contributed by atoms with Crippen LogP contribution in [-0.2, 0) is 4.79 Å². The summed E-state index contributed by atoms with van der Waals surface area (Å²) in [6.45, 7) is 2.24. The van der Waals surface area contributed by atoms with Gasteiger partial charge in [0.15, 0.2) is 0 Å². The van der Waals surface area contributed by atoms with Crippen LogP contribution in [0.5, 0.6) is 5.75 Å². The van der Waals surface area contributed by atoms with Crippen LogP contribution < -0.4 is 4.74 Å². The highest BCUT2D eigenvalue weighted by Crippen LogP contribution is 2.35. The minimum atomic E-state index is -0.816. The number of carboxylic acids is 1.